The molecule has 0 bridgehead atoms. The van der Waals surface area contributed by atoms with Crippen molar-refractivity contribution in [3.63, 3.8) is 0 Å². The Morgan fingerprint density at radius 2 is 2.11 bits per heavy atom. The molecule has 0 unspecified atom stereocenters. The lowest BCUT2D eigenvalue weighted by atomic mass is 10.1. The Hall–Kier alpha value is -1.55. The van der Waals surface area contributed by atoms with Crippen molar-refractivity contribution in [2.45, 2.75) is 25.8 Å². The minimum atomic E-state index is 0.0369. The van der Waals surface area contributed by atoms with Crippen LogP contribution in [0.25, 0.3) is 0 Å². The summed E-state index contributed by atoms with van der Waals surface area (Å²) in [6.45, 7) is 3.82. The van der Waals surface area contributed by atoms with Gasteiger partial charge in [0.1, 0.15) is 0 Å². The van der Waals surface area contributed by atoms with Gasteiger partial charge in [-0.25, -0.2) is 0 Å². The Balaban J connectivity index is 2.05. The molecule has 1 aromatic carbocycles. The molecule has 2 rings (SSSR count). The summed E-state index contributed by atoms with van der Waals surface area (Å²) in [6, 6.07) is 6.32. The van der Waals surface area contributed by atoms with E-state index in [-0.39, 0.29) is 5.91 Å². The first-order chi connectivity index (χ1) is 9.06. The smallest absolute Gasteiger partial charge is 0.253 e. The first-order valence-electron chi connectivity index (χ1n) is 6.86. The fraction of sp³-hybridized carbons (Fsp3) is 0.533. The van der Waals surface area contributed by atoms with E-state index in [1.54, 1.807) is 0 Å². The Bertz CT molecular complexity index is 453. The second-order valence-corrected chi connectivity index (χ2v) is 5.53. The third kappa shape index (κ3) is 4.24. The van der Waals surface area contributed by atoms with Crippen molar-refractivity contribution in [2.75, 3.05) is 32.5 Å². The fourth-order valence-corrected chi connectivity index (χ4v) is 1.91. The van der Waals surface area contributed by atoms with Crippen LogP contribution in [0.15, 0.2) is 18.2 Å². The van der Waals surface area contributed by atoms with Crippen molar-refractivity contribution in [3.8, 4) is 0 Å². The molecule has 0 aliphatic heterocycles. The highest BCUT2D eigenvalue weighted by molar-refractivity contribution is 6.00. The normalized spacial score (nSPS) is 14.5. The second kappa shape index (κ2) is 6.06. The molecule has 0 radical (unpaired) electrons. The molecule has 0 aromatic heterocycles. The number of hydrogen-bond donors (Lipinski definition) is 2. The van der Waals surface area contributed by atoms with Crippen LogP contribution in [0.3, 0.4) is 0 Å². The van der Waals surface area contributed by atoms with Gasteiger partial charge in [0, 0.05) is 24.8 Å². The minimum Gasteiger partial charge on any atom is -0.383 e. The molecule has 0 heterocycles. The highest BCUT2D eigenvalue weighted by Crippen LogP contribution is 2.22. The Kier molecular flexibility index (Phi) is 4.43. The van der Waals surface area contributed by atoms with Crippen molar-refractivity contribution in [1.82, 2.24) is 10.2 Å². The molecule has 0 spiro atoms. The van der Waals surface area contributed by atoms with E-state index < -0.39 is 0 Å². The number of anilines is 1. The van der Waals surface area contributed by atoms with E-state index in [1.165, 1.54) is 0 Å². The number of aryl methyl sites for hydroxylation is 1. The minimum absolute atomic E-state index is 0.0369. The van der Waals surface area contributed by atoms with Gasteiger partial charge < -0.3 is 15.5 Å². The van der Waals surface area contributed by atoms with E-state index in [9.17, 15) is 4.79 Å². The molecule has 2 N–H and O–H groups in total. The summed E-state index contributed by atoms with van der Waals surface area (Å²) in [6.07, 6.45) is 2.22. The molecule has 1 saturated carbocycles. The van der Waals surface area contributed by atoms with Crippen molar-refractivity contribution < 1.29 is 4.79 Å². The summed E-state index contributed by atoms with van der Waals surface area (Å²) >= 11 is 0. The Labute approximate surface area is 115 Å². The average molecular weight is 261 g/mol. The van der Waals surface area contributed by atoms with E-state index in [0.29, 0.717) is 6.04 Å². The van der Waals surface area contributed by atoms with Crippen LogP contribution in [0, 0.1) is 6.92 Å². The van der Waals surface area contributed by atoms with Gasteiger partial charge in [-0.1, -0.05) is 6.07 Å². The quantitative estimate of drug-likeness (QED) is 0.821. The van der Waals surface area contributed by atoms with Gasteiger partial charge >= 0.3 is 0 Å². The van der Waals surface area contributed by atoms with E-state index >= 15 is 0 Å². The van der Waals surface area contributed by atoms with Gasteiger partial charge in [0.05, 0.1) is 5.56 Å². The number of rotatable bonds is 6. The predicted octanol–water partition coefficient (Wildman–Crippen LogP) is 1.86. The molecule has 4 heteroatoms. The third-order valence-corrected chi connectivity index (χ3v) is 3.21. The lowest BCUT2D eigenvalue weighted by Gasteiger charge is -2.15. The van der Waals surface area contributed by atoms with Crippen molar-refractivity contribution in [1.29, 1.82) is 0 Å². The summed E-state index contributed by atoms with van der Waals surface area (Å²) in [5.41, 5.74) is 2.84. The summed E-state index contributed by atoms with van der Waals surface area (Å²) in [4.78, 5) is 14.3. The van der Waals surface area contributed by atoms with Crippen LogP contribution in [0.1, 0.15) is 28.8 Å². The van der Waals surface area contributed by atoms with E-state index in [1.807, 2.05) is 39.2 Å². The predicted molar refractivity (Wildman–Crippen MR) is 78.7 cm³/mol. The number of likely N-dealkylation sites (N-methyl/N-ethyl adjacent to an activating group) is 1. The van der Waals surface area contributed by atoms with Crippen LogP contribution in [0.5, 0.6) is 0 Å². The van der Waals surface area contributed by atoms with Gasteiger partial charge in [-0.2, -0.15) is 0 Å². The van der Waals surface area contributed by atoms with Crippen LogP contribution in [-0.2, 0) is 0 Å². The second-order valence-electron chi connectivity index (χ2n) is 5.53. The van der Waals surface area contributed by atoms with Gasteiger partial charge in [0.15, 0.2) is 0 Å². The number of nitrogens with zero attached hydrogens (tertiary/aromatic N) is 1. The molecular formula is C15H23N3O. The van der Waals surface area contributed by atoms with Crippen LogP contribution >= 0.6 is 0 Å². The molecule has 1 aliphatic rings. The fourth-order valence-electron chi connectivity index (χ4n) is 1.91. The number of carbonyl (C=O) groups is 1. The van der Waals surface area contributed by atoms with E-state index in [2.05, 4.69) is 15.5 Å². The molecule has 1 aliphatic carbocycles. The molecule has 4 nitrogen and oxygen atoms in total. The highest BCUT2D eigenvalue weighted by atomic mass is 16.1. The third-order valence-electron chi connectivity index (χ3n) is 3.21. The van der Waals surface area contributed by atoms with Gasteiger partial charge in [0.2, 0.25) is 0 Å². The summed E-state index contributed by atoms with van der Waals surface area (Å²) in [5, 5.41) is 6.40. The molecular weight excluding hydrogens is 238 g/mol. The maximum atomic E-state index is 12.2. The zero-order valence-electron chi connectivity index (χ0n) is 12.0. The summed E-state index contributed by atoms with van der Waals surface area (Å²) in [7, 11) is 4.08. The highest BCUT2D eigenvalue weighted by Gasteiger charge is 2.24. The number of nitrogens with one attached hydrogen (secondary N) is 2. The molecule has 104 valence electrons. The maximum absolute atomic E-state index is 12.2. The van der Waals surface area contributed by atoms with Gasteiger partial charge in [0.25, 0.3) is 5.91 Å². The number of amides is 1. The largest absolute Gasteiger partial charge is 0.383 e. The number of benzene rings is 1. The van der Waals surface area contributed by atoms with Crippen LogP contribution in [0.2, 0.25) is 0 Å². The van der Waals surface area contributed by atoms with Gasteiger partial charge in [-0.05, 0) is 51.6 Å². The lowest BCUT2D eigenvalue weighted by Crippen LogP contribution is -2.27. The first-order valence-corrected chi connectivity index (χ1v) is 6.86. The molecule has 1 aromatic rings. The maximum Gasteiger partial charge on any atom is 0.253 e. The topological polar surface area (TPSA) is 44.4 Å². The summed E-state index contributed by atoms with van der Waals surface area (Å²) < 4.78 is 0. The summed E-state index contributed by atoms with van der Waals surface area (Å²) in [5.74, 6) is 0.0369. The average Bonchev–Trinajstić information content (AvgIpc) is 3.12. The SMILES string of the molecule is Cc1ccc(C(=O)NC2CC2)c(NCCN(C)C)c1. The standard InChI is InChI=1S/C15H23N3O/c1-11-4-7-13(15(19)17-12-5-6-12)14(10-11)16-8-9-18(2)3/h4,7,10,12,16H,5-6,8-9H2,1-3H3,(H,17,19). The first kappa shape index (κ1) is 13.9. The van der Waals surface area contributed by atoms with Gasteiger partial charge in [-0.15, -0.1) is 0 Å². The molecule has 19 heavy (non-hydrogen) atoms. The van der Waals surface area contributed by atoms with Crippen LogP contribution < -0.4 is 10.6 Å². The van der Waals surface area contributed by atoms with Crippen molar-refractivity contribution in [3.05, 3.63) is 29.3 Å². The Morgan fingerprint density at radius 3 is 2.74 bits per heavy atom. The van der Waals surface area contributed by atoms with Crippen LogP contribution in [-0.4, -0.2) is 44.0 Å². The van der Waals surface area contributed by atoms with E-state index in [0.717, 1.165) is 42.7 Å². The van der Waals surface area contributed by atoms with Gasteiger partial charge in [-0.3, -0.25) is 4.79 Å². The van der Waals surface area contributed by atoms with Crippen LogP contribution in [0.4, 0.5) is 5.69 Å². The Morgan fingerprint density at radius 1 is 1.37 bits per heavy atom. The number of carbonyl (C=O) groups excluding carboxylic acids is 1. The zero-order chi connectivity index (χ0) is 13.8. The lowest BCUT2D eigenvalue weighted by molar-refractivity contribution is 0.0952. The van der Waals surface area contributed by atoms with Crippen molar-refractivity contribution in [2.24, 2.45) is 0 Å². The number of hydrogen-bond acceptors (Lipinski definition) is 3. The van der Waals surface area contributed by atoms with E-state index in [4.69, 9.17) is 0 Å². The van der Waals surface area contributed by atoms with Crippen molar-refractivity contribution >= 4 is 11.6 Å². The molecule has 0 saturated heterocycles. The zero-order valence-corrected chi connectivity index (χ0v) is 12.0. The molecule has 0 atom stereocenters. The molecule has 1 fully saturated rings. The molecule has 1 amide bonds. The monoisotopic (exact) mass is 261 g/mol.